The van der Waals surface area contributed by atoms with Crippen LogP contribution in [0, 0.1) is 0 Å². The number of carboxylic acids is 1. The number of rotatable bonds is 5. The molecule has 3 nitrogen and oxygen atoms in total. The molecule has 0 amide bonds. The summed E-state index contributed by atoms with van der Waals surface area (Å²) < 4.78 is 32.6. The van der Waals surface area contributed by atoms with E-state index in [9.17, 15) is 13.6 Å². The van der Waals surface area contributed by atoms with Crippen LogP contribution < -0.4 is 0 Å². The Balaban J connectivity index is 2.03. The molecule has 0 fully saturated rings. The van der Waals surface area contributed by atoms with Gasteiger partial charge in [0.1, 0.15) is 0 Å². The minimum absolute atomic E-state index is 0.0764. The summed E-state index contributed by atoms with van der Waals surface area (Å²) in [5, 5.41) is 8.81. The predicted octanol–water partition coefficient (Wildman–Crippen LogP) is 3.86. The number of hydrogen-bond donors (Lipinski definition) is 1. The van der Waals surface area contributed by atoms with Crippen molar-refractivity contribution < 1.29 is 23.1 Å². The van der Waals surface area contributed by atoms with Gasteiger partial charge in [0, 0.05) is 5.56 Å². The largest absolute Gasteiger partial charge is 0.475 e. The van der Waals surface area contributed by atoms with Gasteiger partial charge < -0.3 is 9.52 Å². The molecule has 1 aromatic heterocycles. The van der Waals surface area contributed by atoms with Crippen molar-refractivity contribution in [2.45, 2.75) is 11.0 Å². The second kappa shape index (κ2) is 5.44. The lowest BCUT2D eigenvalue weighted by Gasteiger charge is -2.15. The molecule has 0 saturated heterocycles. The molecule has 2 rings (SSSR count). The molecule has 0 aliphatic heterocycles. The van der Waals surface area contributed by atoms with E-state index in [1.54, 1.807) is 18.2 Å². The average molecular weight is 284 g/mol. The standard InChI is InChI=1S/C13H10F2O3S/c14-13(15,9-4-2-1-3-5-9)8-19-11-7-6-10(18-11)12(16)17/h1-7H,8H2,(H,16,17). The number of furan rings is 1. The molecule has 6 heteroatoms. The lowest BCUT2D eigenvalue weighted by molar-refractivity contribution is 0.0230. The minimum Gasteiger partial charge on any atom is -0.475 e. The summed E-state index contributed by atoms with van der Waals surface area (Å²) in [6, 6.07) is 10.1. The third-order valence-electron chi connectivity index (χ3n) is 2.38. The Morgan fingerprint density at radius 3 is 2.47 bits per heavy atom. The number of carbonyl (C=O) groups is 1. The van der Waals surface area contributed by atoms with Crippen LogP contribution in [0.4, 0.5) is 8.78 Å². The van der Waals surface area contributed by atoms with Gasteiger partial charge in [-0.2, -0.15) is 0 Å². The molecule has 0 aliphatic carbocycles. The van der Waals surface area contributed by atoms with Gasteiger partial charge in [0.2, 0.25) is 5.76 Å². The number of aromatic carboxylic acids is 1. The lowest BCUT2D eigenvalue weighted by atomic mass is 10.1. The van der Waals surface area contributed by atoms with Gasteiger partial charge in [0.25, 0.3) is 5.92 Å². The summed E-state index contributed by atoms with van der Waals surface area (Å²) in [7, 11) is 0. The van der Waals surface area contributed by atoms with E-state index in [2.05, 4.69) is 0 Å². The van der Waals surface area contributed by atoms with E-state index in [1.165, 1.54) is 24.3 Å². The lowest BCUT2D eigenvalue weighted by Crippen LogP contribution is -2.16. The zero-order valence-corrected chi connectivity index (χ0v) is 10.5. The van der Waals surface area contributed by atoms with Crippen LogP contribution in [0.5, 0.6) is 0 Å². The summed E-state index contributed by atoms with van der Waals surface area (Å²) >= 11 is 0.780. The number of hydrogen-bond acceptors (Lipinski definition) is 3. The molecule has 1 heterocycles. The van der Waals surface area contributed by atoms with E-state index in [4.69, 9.17) is 9.52 Å². The molecular formula is C13H10F2O3S. The first-order valence-electron chi connectivity index (χ1n) is 5.38. The van der Waals surface area contributed by atoms with Crippen LogP contribution in [-0.4, -0.2) is 16.8 Å². The Morgan fingerprint density at radius 2 is 1.89 bits per heavy atom. The van der Waals surface area contributed by atoms with Crippen LogP contribution in [0.25, 0.3) is 0 Å². The second-order valence-electron chi connectivity index (χ2n) is 3.78. The second-order valence-corrected chi connectivity index (χ2v) is 4.76. The molecule has 0 atom stereocenters. The summed E-state index contributed by atoms with van der Waals surface area (Å²) in [4.78, 5) is 10.6. The smallest absolute Gasteiger partial charge is 0.371 e. The number of thioether (sulfide) groups is 1. The van der Waals surface area contributed by atoms with Gasteiger partial charge in [-0.3, -0.25) is 0 Å². The molecule has 100 valence electrons. The highest BCUT2D eigenvalue weighted by atomic mass is 32.2. The highest BCUT2D eigenvalue weighted by molar-refractivity contribution is 7.99. The van der Waals surface area contributed by atoms with Crippen LogP contribution in [0.3, 0.4) is 0 Å². The van der Waals surface area contributed by atoms with Gasteiger partial charge in [-0.1, -0.05) is 42.1 Å². The normalized spacial score (nSPS) is 11.5. The molecule has 2 aromatic rings. The molecule has 1 aromatic carbocycles. The topological polar surface area (TPSA) is 50.4 Å². The van der Waals surface area contributed by atoms with Crippen LogP contribution in [0.1, 0.15) is 16.1 Å². The fourth-order valence-electron chi connectivity index (χ4n) is 1.44. The van der Waals surface area contributed by atoms with Crippen molar-refractivity contribution in [1.82, 2.24) is 0 Å². The van der Waals surface area contributed by atoms with Crippen molar-refractivity contribution in [3.05, 3.63) is 53.8 Å². The molecular weight excluding hydrogens is 274 g/mol. The third-order valence-corrected chi connectivity index (χ3v) is 3.39. The Bertz CT molecular complexity index is 566. The quantitative estimate of drug-likeness (QED) is 0.847. The van der Waals surface area contributed by atoms with E-state index in [0.717, 1.165) is 11.8 Å². The Hall–Kier alpha value is -1.82. The van der Waals surface area contributed by atoms with Crippen LogP contribution in [0.2, 0.25) is 0 Å². The predicted molar refractivity (Wildman–Crippen MR) is 66.7 cm³/mol. The maximum Gasteiger partial charge on any atom is 0.371 e. The zero-order chi connectivity index (χ0) is 13.9. The summed E-state index contributed by atoms with van der Waals surface area (Å²) in [6.45, 7) is 0. The molecule has 1 N–H and O–H groups in total. The number of halogens is 2. The average Bonchev–Trinajstić information content (AvgIpc) is 2.87. The molecule has 19 heavy (non-hydrogen) atoms. The maximum absolute atomic E-state index is 13.8. The van der Waals surface area contributed by atoms with Gasteiger partial charge in [0.05, 0.1) is 5.75 Å². The Kier molecular flexibility index (Phi) is 3.90. The highest BCUT2D eigenvalue weighted by Crippen LogP contribution is 2.34. The third kappa shape index (κ3) is 3.35. The van der Waals surface area contributed by atoms with E-state index in [-0.39, 0.29) is 16.4 Å². The van der Waals surface area contributed by atoms with Gasteiger partial charge in [0.15, 0.2) is 5.09 Å². The summed E-state index contributed by atoms with van der Waals surface area (Å²) in [6.07, 6.45) is 0. The molecule has 0 bridgehead atoms. The molecule has 0 aliphatic rings. The minimum atomic E-state index is -3.00. The first kappa shape index (κ1) is 13.6. The van der Waals surface area contributed by atoms with E-state index in [0.29, 0.717) is 0 Å². The first-order chi connectivity index (χ1) is 8.99. The van der Waals surface area contributed by atoms with Gasteiger partial charge in [-0.25, -0.2) is 13.6 Å². The van der Waals surface area contributed by atoms with E-state index in [1.807, 2.05) is 0 Å². The van der Waals surface area contributed by atoms with E-state index >= 15 is 0 Å². The Labute approximate surface area is 112 Å². The molecule has 0 spiro atoms. The fraction of sp³-hybridized carbons (Fsp3) is 0.154. The van der Waals surface area contributed by atoms with Crippen molar-refractivity contribution >= 4 is 17.7 Å². The van der Waals surface area contributed by atoms with Crippen molar-refractivity contribution in [3.8, 4) is 0 Å². The maximum atomic E-state index is 13.8. The SMILES string of the molecule is O=C(O)c1ccc(SCC(F)(F)c2ccccc2)o1. The Morgan fingerprint density at radius 1 is 1.21 bits per heavy atom. The number of benzene rings is 1. The fourth-order valence-corrected chi connectivity index (χ4v) is 2.24. The van der Waals surface area contributed by atoms with Crippen LogP contribution >= 0.6 is 11.8 Å². The van der Waals surface area contributed by atoms with Crippen LogP contribution in [0.15, 0.2) is 52.0 Å². The van der Waals surface area contributed by atoms with Gasteiger partial charge in [-0.15, -0.1) is 0 Å². The first-order valence-corrected chi connectivity index (χ1v) is 6.37. The van der Waals surface area contributed by atoms with Crippen molar-refractivity contribution in [2.24, 2.45) is 0 Å². The molecule has 0 saturated carbocycles. The van der Waals surface area contributed by atoms with E-state index < -0.39 is 17.6 Å². The summed E-state index contributed by atoms with van der Waals surface area (Å²) in [5.74, 6) is -4.99. The van der Waals surface area contributed by atoms with Gasteiger partial charge in [-0.05, 0) is 12.1 Å². The molecule has 0 radical (unpaired) electrons. The number of alkyl halides is 2. The highest BCUT2D eigenvalue weighted by Gasteiger charge is 2.31. The summed E-state index contributed by atoms with van der Waals surface area (Å²) in [5.41, 5.74) is -0.0764. The van der Waals surface area contributed by atoms with Crippen molar-refractivity contribution in [1.29, 1.82) is 0 Å². The van der Waals surface area contributed by atoms with Crippen molar-refractivity contribution in [3.63, 3.8) is 0 Å². The molecule has 0 unspecified atom stereocenters. The van der Waals surface area contributed by atoms with Crippen LogP contribution in [-0.2, 0) is 5.92 Å². The van der Waals surface area contributed by atoms with Gasteiger partial charge >= 0.3 is 5.97 Å². The monoisotopic (exact) mass is 284 g/mol. The zero-order valence-electron chi connectivity index (χ0n) is 9.68. The van der Waals surface area contributed by atoms with Crippen molar-refractivity contribution in [2.75, 3.05) is 5.75 Å². The number of carboxylic acid groups (broad SMARTS) is 1.